The van der Waals surface area contributed by atoms with Crippen LogP contribution in [0.2, 0.25) is 0 Å². The Labute approximate surface area is 279 Å². The van der Waals surface area contributed by atoms with Gasteiger partial charge in [-0.15, -0.1) is 0 Å². The molecule has 0 spiro atoms. The van der Waals surface area contributed by atoms with Gasteiger partial charge >= 0.3 is 17.9 Å². The highest BCUT2D eigenvalue weighted by atomic mass is 16.5. The second-order valence-electron chi connectivity index (χ2n) is 12.4. The third kappa shape index (κ3) is 6.26. The number of aliphatic hydroxyl groups is 1. The SMILES string of the molecule is CCc1c(C)c2cc3[nH]c(cc4nc(c(CC(=O)OC)c5nc(cc1[nH]2)C(C)=C5C(=O)OC)C(CCC(=O)OC)C4C)c(C)c3CCO. The zero-order chi connectivity index (χ0) is 34.9. The molecule has 0 amide bonds. The summed E-state index contributed by atoms with van der Waals surface area (Å²) in [5.41, 5.74) is 11.1. The van der Waals surface area contributed by atoms with Crippen LogP contribution in [0.25, 0.3) is 33.2 Å². The average molecular weight is 657 g/mol. The summed E-state index contributed by atoms with van der Waals surface area (Å²) in [5.74, 6) is -1.94. The number of nitrogens with one attached hydrogen (secondary N) is 2. The molecule has 254 valence electrons. The minimum atomic E-state index is -0.582. The number of esters is 3. The number of aryl methyl sites for hydroxylation is 3. The van der Waals surface area contributed by atoms with E-state index in [2.05, 4.69) is 29.9 Å². The van der Waals surface area contributed by atoms with E-state index in [1.807, 2.05) is 32.9 Å². The first-order valence-corrected chi connectivity index (χ1v) is 16.3. The number of aromatic amines is 2. The predicted octanol–water partition coefficient (Wildman–Crippen LogP) is 5.69. The van der Waals surface area contributed by atoms with E-state index in [0.29, 0.717) is 41.1 Å². The second-order valence-corrected chi connectivity index (χ2v) is 12.4. The van der Waals surface area contributed by atoms with E-state index in [1.54, 1.807) is 0 Å². The number of rotatable bonds is 9. The van der Waals surface area contributed by atoms with Gasteiger partial charge in [0, 0.05) is 58.2 Å². The van der Waals surface area contributed by atoms with Crippen molar-refractivity contribution in [1.82, 2.24) is 19.9 Å². The first-order chi connectivity index (χ1) is 23.0. The van der Waals surface area contributed by atoms with E-state index in [4.69, 9.17) is 24.2 Å². The number of carbonyl (C=O) groups excluding carboxylic acids is 3. The zero-order valence-electron chi connectivity index (χ0n) is 28.9. The zero-order valence-corrected chi connectivity index (χ0v) is 28.9. The number of fused-ring (bicyclic) bond motifs is 8. The standard InChI is InChI=1S/C37H44N4O7/c1-9-22-18(2)27-16-31-23(12-13-42)19(3)26(39-31)15-28-20(4)24(10-11-32(43)46-6)35(40-28)25(14-33(44)47-7)36-34(37(45)48-8)21(5)29(41-36)17-30(22)38-27/h15-17,20,24,38-39,42H,9-14H2,1-8H3. The number of methoxy groups -OCH3 is 3. The molecule has 2 unspecified atom stereocenters. The molecule has 0 aliphatic carbocycles. The van der Waals surface area contributed by atoms with Crippen molar-refractivity contribution in [2.24, 2.45) is 0 Å². The van der Waals surface area contributed by atoms with Crippen molar-refractivity contribution < 1.29 is 33.7 Å². The van der Waals surface area contributed by atoms with Gasteiger partial charge in [-0.2, -0.15) is 0 Å². The van der Waals surface area contributed by atoms with Crippen LogP contribution in [0.15, 0.2) is 18.2 Å². The summed E-state index contributed by atoms with van der Waals surface area (Å²) in [6.07, 6.45) is 1.55. The molecule has 0 saturated carbocycles. The highest BCUT2D eigenvalue weighted by Crippen LogP contribution is 2.44. The predicted molar refractivity (Wildman–Crippen MR) is 183 cm³/mol. The van der Waals surface area contributed by atoms with Gasteiger partial charge in [0.1, 0.15) is 0 Å². The molecule has 3 aromatic rings. The number of carbonyl (C=O) groups is 3. The van der Waals surface area contributed by atoms with E-state index >= 15 is 0 Å². The topological polar surface area (TPSA) is 156 Å². The summed E-state index contributed by atoms with van der Waals surface area (Å²) in [6, 6.07) is 5.99. The molecule has 0 radical (unpaired) electrons. The molecule has 0 saturated heterocycles. The number of allylic oxidation sites excluding steroid dienone is 1. The molecule has 48 heavy (non-hydrogen) atoms. The van der Waals surface area contributed by atoms with Gasteiger partial charge in [-0.25, -0.2) is 9.78 Å². The molecule has 5 rings (SSSR count). The Hall–Kier alpha value is -4.77. The van der Waals surface area contributed by atoms with Crippen molar-refractivity contribution >= 4 is 51.1 Å². The number of ether oxygens (including phenoxy) is 3. The molecular weight excluding hydrogens is 612 g/mol. The van der Waals surface area contributed by atoms with E-state index in [-0.39, 0.29) is 42.8 Å². The summed E-state index contributed by atoms with van der Waals surface area (Å²) in [5, 5.41) is 9.99. The maximum Gasteiger partial charge on any atom is 0.340 e. The molecule has 0 aromatic carbocycles. The van der Waals surface area contributed by atoms with E-state index < -0.39 is 11.9 Å². The number of hydrogen-bond acceptors (Lipinski definition) is 9. The van der Waals surface area contributed by atoms with Crippen molar-refractivity contribution in [2.75, 3.05) is 27.9 Å². The maximum absolute atomic E-state index is 13.4. The van der Waals surface area contributed by atoms with Gasteiger partial charge in [-0.3, -0.25) is 14.6 Å². The third-order valence-corrected chi connectivity index (χ3v) is 9.80. The van der Waals surface area contributed by atoms with E-state index in [9.17, 15) is 19.5 Å². The van der Waals surface area contributed by atoms with Crippen LogP contribution in [0, 0.1) is 13.8 Å². The Morgan fingerprint density at radius 3 is 2.10 bits per heavy atom. The number of aliphatic hydroxyl groups excluding tert-OH is 1. The fourth-order valence-electron chi connectivity index (χ4n) is 6.98. The molecule has 2 aliphatic heterocycles. The Balaban J connectivity index is 2.01. The molecule has 3 aromatic heterocycles. The van der Waals surface area contributed by atoms with Gasteiger partial charge in [-0.1, -0.05) is 13.8 Å². The molecule has 5 heterocycles. The summed E-state index contributed by atoms with van der Waals surface area (Å²) in [6.45, 7) is 10.0. The molecule has 8 bridgehead atoms. The molecule has 11 nitrogen and oxygen atoms in total. The van der Waals surface area contributed by atoms with Gasteiger partial charge in [0.2, 0.25) is 0 Å². The molecule has 0 fully saturated rings. The van der Waals surface area contributed by atoms with Gasteiger partial charge < -0.3 is 29.3 Å². The van der Waals surface area contributed by atoms with Gasteiger partial charge in [0.15, 0.2) is 0 Å². The Morgan fingerprint density at radius 1 is 0.833 bits per heavy atom. The van der Waals surface area contributed by atoms with Crippen LogP contribution in [0.1, 0.15) is 96.0 Å². The molecule has 3 N–H and O–H groups in total. The lowest BCUT2D eigenvalue weighted by atomic mass is 9.84. The van der Waals surface area contributed by atoms with E-state index in [0.717, 1.165) is 56.4 Å². The smallest absolute Gasteiger partial charge is 0.340 e. The van der Waals surface area contributed by atoms with Gasteiger partial charge in [-0.05, 0) is 86.1 Å². The molecule has 2 atom stereocenters. The highest BCUT2D eigenvalue weighted by molar-refractivity contribution is 6.25. The molecule has 2 aliphatic rings. The summed E-state index contributed by atoms with van der Waals surface area (Å²) in [4.78, 5) is 56.1. The summed E-state index contributed by atoms with van der Waals surface area (Å²) in [7, 11) is 3.98. The monoisotopic (exact) mass is 656 g/mol. The highest BCUT2D eigenvalue weighted by Gasteiger charge is 2.36. The second kappa shape index (κ2) is 14.1. The van der Waals surface area contributed by atoms with Crippen LogP contribution in [-0.2, 0) is 47.9 Å². The van der Waals surface area contributed by atoms with Crippen LogP contribution in [0.4, 0.5) is 0 Å². The number of H-pyrrole nitrogens is 2. The Bertz CT molecular complexity index is 1980. The number of hydrogen-bond donors (Lipinski definition) is 3. The van der Waals surface area contributed by atoms with Gasteiger partial charge in [0.05, 0.1) is 50.4 Å². The van der Waals surface area contributed by atoms with Gasteiger partial charge in [0.25, 0.3) is 0 Å². The third-order valence-electron chi connectivity index (χ3n) is 9.80. The van der Waals surface area contributed by atoms with E-state index in [1.165, 1.54) is 21.3 Å². The molecular formula is C37H44N4O7. The largest absolute Gasteiger partial charge is 0.469 e. The van der Waals surface area contributed by atoms with Crippen LogP contribution in [0.3, 0.4) is 0 Å². The normalized spacial score (nSPS) is 15.9. The lowest BCUT2D eigenvalue weighted by Gasteiger charge is -2.18. The average Bonchev–Trinajstić information content (AvgIpc) is 3.75. The van der Waals surface area contributed by atoms with Crippen molar-refractivity contribution in [3.63, 3.8) is 0 Å². The first-order valence-electron chi connectivity index (χ1n) is 16.3. The van der Waals surface area contributed by atoms with Crippen LogP contribution < -0.4 is 0 Å². The van der Waals surface area contributed by atoms with Crippen molar-refractivity contribution in [2.45, 2.75) is 78.6 Å². The number of aromatic nitrogens is 4. The fraction of sp³-hybridized carbons (Fsp3) is 0.432. The lowest BCUT2D eigenvalue weighted by Crippen LogP contribution is -2.15. The van der Waals surface area contributed by atoms with Crippen molar-refractivity contribution in [3.05, 3.63) is 68.8 Å². The fourth-order valence-corrected chi connectivity index (χ4v) is 6.98. The van der Waals surface area contributed by atoms with Crippen LogP contribution >= 0.6 is 0 Å². The molecule has 11 heteroatoms. The maximum atomic E-state index is 13.4. The minimum Gasteiger partial charge on any atom is -0.469 e. The van der Waals surface area contributed by atoms with Crippen molar-refractivity contribution in [1.29, 1.82) is 0 Å². The minimum absolute atomic E-state index is 0.00871. The van der Waals surface area contributed by atoms with Crippen molar-refractivity contribution in [3.8, 4) is 0 Å². The van der Waals surface area contributed by atoms with Crippen LogP contribution in [-0.4, -0.2) is 70.9 Å². The summed E-state index contributed by atoms with van der Waals surface area (Å²) < 4.78 is 15.3. The number of nitrogens with zero attached hydrogens (tertiary/aromatic N) is 2. The van der Waals surface area contributed by atoms with Crippen LogP contribution in [0.5, 0.6) is 0 Å². The Kier molecular flexibility index (Phi) is 10.2. The quantitative estimate of drug-likeness (QED) is 0.195. The summed E-state index contributed by atoms with van der Waals surface area (Å²) >= 11 is 0. The first kappa shape index (κ1) is 34.6. The lowest BCUT2D eigenvalue weighted by molar-refractivity contribution is -0.141. The Morgan fingerprint density at radius 2 is 1.48 bits per heavy atom.